The van der Waals surface area contributed by atoms with Gasteiger partial charge in [-0.05, 0) is 30.7 Å². The molecule has 0 radical (unpaired) electrons. The van der Waals surface area contributed by atoms with Crippen LogP contribution >= 0.6 is 15.9 Å². The summed E-state index contributed by atoms with van der Waals surface area (Å²) in [5.74, 6) is -0.497. The molecule has 0 heterocycles. The number of carbonyl (C=O) groups is 2. The van der Waals surface area contributed by atoms with Crippen molar-refractivity contribution in [2.24, 2.45) is 0 Å². The molecule has 114 valence electrons. The molecule has 2 amide bonds. The third-order valence-electron chi connectivity index (χ3n) is 3.17. The van der Waals surface area contributed by atoms with E-state index in [0.717, 1.165) is 10.0 Å². The molecule has 0 bridgehead atoms. The van der Waals surface area contributed by atoms with Gasteiger partial charge < -0.3 is 10.6 Å². The van der Waals surface area contributed by atoms with Crippen molar-refractivity contribution < 1.29 is 9.59 Å². The third-order valence-corrected chi connectivity index (χ3v) is 3.67. The van der Waals surface area contributed by atoms with Crippen molar-refractivity contribution >= 4 is 27.7 Å². The maximum atomic E-state index is 11.9. The largest absolute Gasteiger partial charge is 0.348 e. The zero-order valence-corrected chi connectivity index (χ0v) is 13.8. The van der Waals surface area contributed by atoms with Crippen molar-refractivity contribution in [1.29, 1.82) is 0 Å². The number of hydrogen-bond acceptors (Lipinski definition) is 2. The Labute approximate surface area is 138 Å². The standard InChI is InChI=1S/C17H17BrN2O2/c1-12(13-6-3-2-4-7-13)20-16(21)11-19-17(22)14-8-5-9-15(18)10-14/h2-10,12H,11H2,1H3,(H,19,22)(H,20,21). The van der Waals surface area contributed by atoms with Crippen LogP contribution in [0.25, 0.3) is 0 Å². The fourth-order valence-electron chi connectivity index (χ4n) is 2.01. The van der Waals surface area contributed by atoms with Crippen LogP contribution in [-0.2, 0) is 4.79 Å². The fraction of sp³-hybridized carbons (Fsp3) is 0.176. The minimum Gasteiger partial charge on any atom is -0.348 e. The van der Waals surface area contributed by atoms with E-state index < -0.39 is 0 Å². The Hall–Kier alpha value is -2.14. The molecule has 0 saturated heterocycles. The van der Waals surface area contributed by atoms with Crippen molar-refractivity contribution in [1.82, 2.24) is 10.6 Å². The molecule has 0 aliphatic heterocycles. The minimum atomic E-state index is -0.274. The monoisotopic (exact) mass is 360 g/mol. The van der Waals surface area contributed by atoms with E-state index in [0.29, 0.717) is 5.56 Å². The van der Waals surface area contributed by atoms with Gasteiger partial charge in [0.05, 0.1) is 12.6 Å². The van der Waals surface area contributed by atoms with Gasteiger partial charge in [-0.2, -0.15) is 0 Å². The summed E-state index contributed by atoms with van der Waals surface area (Å²) in [5.41, 5.74) is 1.53. The first-order chi connectivity index (χ1) is 10.6. The van der Waals surface area contributed by atoms with Crippen molar-refractivity contribution in [2.45, 2.75) is 13.0 Å². The Kier molecular flexibility index (Phi) is 5.72. The van der Waals surface area contributed by atoms with Crippen molar-refractivity contribution in [3.8, 4) is 0 Å². The molecule has 22 heavy (non-hydrogen) atoms. The third kappa shape index (κ3) is 4.70. The van der Waals surface area contributed by atoms with Crippen LogP contribution in [0.5, 0.6) is 0 Å². The average Bonchev–Trinajstić information content (AvgIpc) is 2.53. The second kappa shape index (κ2) is 7.75. The molecule has 2 N–H and O–H groups in total. The van der Waals surface area contributed by atoms with Gasteiger partial charge in [0.15, 0.2) is 0 Å². The molecule has 1 unspecified atom stereocenters. The Morgan fingerprint density at radius 2 is 1.82 bits per heavy atom. The minimum absolute atomic E-state index is 0.0531. The van der Waals surface area contributed by atoms with E-state index >= 15 is 0 Å². The Morgan fingerprint density at radius 3 is 2.50 bits per heavy atom. The smallest absolute Gasteiger partial charge is 0.251 e. The molecular formula is C17H17BrN2O2. The van der Waals surface area contributed by atoms with Crippen LogP contribution < -0.4 is 10.6 Å². The number of halogens is 1. The van der Waals surface area contributed by atoms with E-state index in [4.69, 9.17) is 0 Å². The van der Waals surface area contributed by atoms with Crippen LogP contribution in [0.4, 0.5) is 0 Å². The highest BCUT2D eigenvalue weighted by Crippen LogP contribution is 2.12. The van der Waals surface area contributed by atoms with Gasteiger partial charge in [-0.25, -0.2) is 0 Å². The topological polar surface area (TPSA) is 58.2 Å². The molecule has 1 atom stereocenters. The van der Waals surface area contributed by atoms with Crippen molar-refractivity contribution in [3.63, 3.8) is 0 Å². The first-order valence-corrected chi connectivity index (χ1v) is 7.73. The lowest BCUT2D eigenvalue weighted by Gasteiger charge is -2.14. The number of amides is 2. The van der Waals surface area contributed by atoms with E-state index in [9.17, 15) is 9.59 Å². The first kappa shape index (κ1) is 16.2. The molecule has 2 aromatic rings. The van der Waals surface area contributed by atoms with Gasteiger partial charge in [-0.3, -0.25) is 9.59 Å². The van der Waals surface area contributed by atoms with Gasteiger partial charge in [-0.15, -0.1) is 0 Å². The lowest BCUT2D eigenvalue weighted by molar-refractivity contribution is -0.120. The summed E-state index contributed by atoms with van der Waals surface area (Å²) in [5, 5.41) is 5.46. The van der Waals surface area contributed by atoms with Crippen LogP contribution in [-0.4, -0.2) is 18.4 Å². The molecule has 0 aliphatic rings. The molecule has 0 saturated carbocycles. The van der Waals surface area contributed by atoms with Crippen LogP contribution in [0.2, 0.25) is 0 Å². The quantitative estimate of drug-likeness (QED) is 0.860. The molecule has 0 aliphatic carbocycles. The number of rotatable bonds is 5. The highest BCUT2D eigenvalue weighted by Gasteiger charge is 2.11. The predicted molar refractivity (Wildman–Crippen MR) is 89.5 cm³/mol. The van der Waals surface area contributed by atoms with E-state index in [1.54, 1.807) is 18.2 Å². The van der Waals surface area contributed by atoms with Gasteiger partial charge in [-0.1, -0.05) is 52.3 Å². The highest BCUT2D eigenvalue weighted by molar-refractivity contribution is 9.10. The second-order valence-corrected chi connectivity index (χ2v) is 5.81. The molecule has 0 aromatic heterocycles. The Bertz CT molecular complexity index is 659. The van der Waals surface area contributed by atoms with E-state index in [1.165, 1.54) is 0 Å². The molecule has 2 aromatic carbocycles. The summed E-state index contributed by atoms with van der Waals surface area (Å²) >= 11 is 3.31. The lowest BCUT2D eigenvalue weighted by atomic mass is 10.1. The van der Waals surface area contributed by atoms with Gasteiger partial charge in [0.25, 0.3) is 5.91 Å². The zero-order chi connectivity index (χ0) is 15.9. The molecule has 0 spiro atoms. The number of hydrogen-bond donors (Lipinski definition) is 2. The van der Waals surface area contributed by atoms with E-state index in [1.807, 2.05) is 43.3 Å². The van der Waals surface area contributed by atoms with Gasteiger partial charge in [0.2, 0.25) is 5.91 Å². The zero-order valence-electron chi connectivity index (χ0n) is 12.2. The number of carbonyl (C=O) groups excluding carboxylic acids is 2. The fourth-order valence-corrected chi connectivity index (χ4v) is 2.41. The highest BCUT2D eigenvalue weighted by atomic mass is 79.9. The SMILES string of the molecule is CC(NC(=O)CNC(=O)c1cccc(Br)c1)c1ccccc1. The molecule has 5 heteroatoms. The maximum absolute atomic E-state index is 11.9. The molecular weight excluding hydrogens is 344 g/mol. The summed E-state index contributed by atoms with van der Waals surface area (Å²) in [6, 6.07) is 16.6. The average molecular weight is 361 g/mol. The van der Waals surface area contributed by atoms with Gasteiger partial charge >= 0.3 is 0 Å². The Balaban J connectivity index is 1.84. The molecule has 4 nitrogen and oxygen atoms in total. The summed E-state index contributed by atoms with van der Waals surface area (Å²) in [4.78, 5) is 23.8. The van der Waals surface area contributed by atoms with Gasteiger partial charge in [0.1, 0.15) is 0 Å². The normalized spacial score (nSPS) is 11.5. The summed E-state index contributed by atoms with van der Waals surface area (Å²) in [6.45, 7) is 1.85. The summed E-state index contributed by atoms with van der Waals surface area (Å²) in [7, 11) is 0. The van der Waals surface area contributed by atoms with E-state index in [2.05, 4.69) is 26.6 Å². The summed E-state index contributed by atoms with van der Waals surface area (Å²) in [6.07, 6.45) is 0. The number of benzene rings is 2. The van der Waals surface area contributed by atoms with Crippen LogP contribution in [0.3, 0.4) is 0 Å². The van der Waals surface area contributed by atoms with E-state index in [-0.39, 0.29) is 24.4 Å². The molecule has 0 fully saturated rings. The number of nitrogens with one attached hydrogen (secondary N) is 2. The van der Waals surface area contributed by atoms with Gasteiger partial charge in [0, 0.05) is 10.0 Å². The Morgan fingerprint density at radius 1 is 1.09 bits per heavy atom. The predicted octanol–water partition coefficient (Wildman–Crippen LogP) is 3.06. The van der Waals surface area contributed by atoms with Crippen LogP contribution in [0.15, 0.2) is 59.1 Å². The first-order valence-electron chi connectivity index (χ1n) is 6.94. The molecule has 2 rings (SSSR count). The van der Waals surface area contributed by atoms with Crippen molar-refractivity contribution in [2.75, 3.05) is 6.54 Å². The second-order valence-electron chi connectivity index (χ2n) is 4.89. The van der Waals surface area contributed by atoms with Crippen LogP contribution in [0, 0.1) is 0 Å². The van der Waals surface area contributed by atoms with Crippen LogP contribution in [0.1, 0.15) is 28.9 Å². The summed E-state index contributed by atoms with van der Waals surface area (Å²) < 4.78 is 0.822. The lowest BCUT2D eigenvalue weighted by Crippen LogP contribution is -2.38. The maximum Gasteiger partial charge on any atom is 0.251 e. The van der Waals surface area contributed by atoms with Crippen molar-refractivity contribution in [3.05, 3.63) is 70.2 Å².